The highest BCUT2D eigenvalue weighted by Crippen LogP contribution is 2.05. The lowest BCUT2D eigenvalue weighted by molar-refractivity contribution is 0.580. The highest BCUT2D eigenvalue weighted by molar-refractivity contribution is 7.89. The summed E-state index contributed by atoms with van der Waals surface area (Å²) in [7, 11) is -3.53. The van der Waals surface area contributed by atoms with Crippen molar-refractivity contribution < 1.29 is 8.42 Å². The van der Waals surface area contributed by atoms with Crippen molar-refractivity contribution in [3.05, 3.63) is 36.2 Å². The second-order valence-electron chi connectivity index (χ2n) is 3.35. The Morgan fingerprint density at radius 1 is 1.47 bits per heavy atom. The third-order valence-corrected chi connectivity index (χ3v) is 3.43. The lowest BCUT2D eigenvalue weighted by atomic mass is 10.4. The summed E-state index contributed by atoms with van der Waals surface area (Å²) < 4.78 is 25.9. The Labute approximate surface area is 98.4 Å². The van der Waals surface area contributed by atoms with Gasteiger partial charge in [0.05, 0.1) is 18.4 Å². The van der Waals surface area contributed by atoms with E-state index in [1.807, 2.05) is 0 Å². The first-order chi connectivity index (χ1) is 8.08. The minimum atomic E-state index is -3.53. The molecular formula is C9H11N5O2S. The topological polar surface area (TPSA) is 101 Å². The molecule has 0 atom stereocenters. The van der Waals surface area contributed by atoms with E-state index in [2.05, 4.69) is 24.9 Å². The van der Waals surface area contributed by atoms with E-state index in [1.165, 1.54) is 12.4 Å². The van der Waals surface area contributed by atoms with E-state index in [9.17, 15) is 8.42 Å². The number of aromatic nitrogens is 4. The summed E-state index contributed by atoms with van der Waals surface area (Å²) in [5, 5.41) is 6.04. The SMILES string of the molecule is Cc1nccc(CNS(=O)(=O)c2cn[nH]c2)n1. The van der Waals surface area contributed by atoms with E-state index in [-0.39, 0.29) is 11.4 Å². The molecule has 17 heavy (non-hydrogen) atoms. The number of sulfonamides is 1. The van der Waals surface area contributed by atoms with Crippen molar-refractivity contribution in [2.75, 3.05) is 0 Å². The third kappa shape index (κ3) is 2.86. The average molecular weight is 253 g/mol. The Balaban J connectivity index is 2.08. The largest absolute Gasteiger partial charge is 0.284 e. The van der Waals surface area contributed by atoms with Crippen LogP contribution in [0.2, 0.25) is 0 Å². The van der Waals surface area contributed by atoms with Crippen LogP contribution in [0.3, 0.4) is 0 Å². The Morgan fingerprint density at radius 3 is 2.94 bits per heavy atom. The fourth-order valence-corrected chi connectivity index (χ4v) is 2.15. The van der Waals surface area contributed by atoms with Crippen molar-refractivity contribution in [2.24, 2.45) is 0 Å². The predicted octanol–water partition coefficient (Wildman–Crippen LogP) is -0.0134. The zero-order valence-corrected chi connectivity index (χ0v) is 9.90. The van der Waals surface area contributed by atoms with Gasteiger partial charge in [0, 0.05) is 12.4 Å². The standard InChI is InChI=1S/C9H11N5O2S/c1-7-10-3-2-8(14-7)4-13-17(15,16)9-5-11-12-6-9/h2-3,5-6,13H,4H2,1H3,(H,11,12). The van der Waals surface area contributed by atoms with Crippen LogP contribution in [0.25, 0.3) is 0 Å². The molecule has 7 nitrogen and oxygen atoms in total. The van der Waals surface area contributed by atoms with Crippen molar-refractivity contribution in [1.82, 2.24) is 24.9 Å². The molecule has 2 aromatic rings. The van der Waals surface area contributed by atoms with E-state index >= 15 is 0 Å². The van der Waals surface area contributed by atoms with Crippen LogP contribution in [0.15, 0.2) is 29.6 Å². The first kappa shape index (κ1) is 11.7. The maximum Gasteiger partial charge on any atom is 0.244 e. The summed E-state index contributed by atoms with van der Waals surface area (Å²) in [6, 6.07) is 1.66. The van der Waals surface area contributed by atoms with Gasteiger partial charge < -0.3 is 0 Å². The van der Waals surface area contributed by atoms with Gasteiger partial charge in [-0.15, -0.1) is 0 Å². The molecule has 0 unspecified atom stereocenters. The Bertz CT molecular complexity index is 594. The van der Waals surface area contributed by atoms with Crippen LogP contribution in [0.5, 0.6) is 0 Å². The number of aromatic amines is 1. The first-order valence-corrected chi connectivity index (χ1v) is 6.33. The van der Waals surface area contributed by atoms with Crippen molar-refractivity contribution >= 4 is 10.0 Å². The van der Waals surface area contributed by atoms with Crippen molar-refractivity contribution in [3.8, 4) is 0 Å². The van der Waals surface area contributed by atoms with Crippen LogP contribution < -0.4 is 4.72 Å². The number of nitrogens with one attached hydrogen (secondary N) is 2. The molecule has 90 valence electrons. The van der Waals surface area contributed by atoms with Crippen LogP contribution in [0, 0.1) is 6.92 Å². The summed E-state index contributed by atoms with van der Waals surface area (Å²) in [5.74, 6) is 0.602. The van der Waals surface area contributed by atoms with Crippen LogP contribution in [-0.2, 0) is 16.6 Å². The summed E-state index contributed by atoms with van der Waals surface area (Å²) in [6.07, 6.45) is 4.14. The van der Waals surface area contributed by atoms with E-state index in [1.54, 1.807) is 19.2 Å². The van der Waals surface area contributed by atoms with Gasteiger partial charge in [-0.05, 0) is 13.0 Å². The lowest BCUT2D eigenvalue weighted by Crippen LogP contribution is -2.23. The van der Waals surface area contributed by atoms with Gasteiger partial charge in [0.2, 0.25) is 10.0 Å². The minimum absolute atomic E-state index is 0.100. The molecule has 0 aliphatic rings. The number of aryl methyl sites for hydroxylation is 1. The highest BCUT2D eigenvalue weighted by Gasteiger charge is 2.14. The van der Waals surface area contributed by atoms with Crippen LogP contribution >= 0.6 is 0 Å². The van der Waals surface area contributed by atoms with Gasteiger partial charge in [0.1, 0.15) is 10.7 Å². The summed E-state index contributed by atoms with van der Waals surface area (Å²) >= 11 is 0. The molecular weight excluding hydrogens is 242 g/mol. The molecule has 0 amide bonds. The Hall–Kier alpha value is -1.80. The maximum absolute atomic E-state index is 11.7. The summed E-state index contributed by atoms with van der Waals surface area (Å²) in [6.45, 7) is 1.87. The monoisotopic (exact) mass is 253 g/mol. The van der Waals surface area contributed by atoms with Gasteiger partial charge >= 0.3 is 0 Å². The number of hydrogen-bond donors (Lipinski definition) is 2. The second-order valence-corrected chi connectivity index (χ2v) is 5.12. The average Bonchev–Trinajstić information content (AvgIpc) is 2.81. The molecule has 0 aliphatic heterocycles. The molecule has 2 aromatic heterocycles. The molecule has 0 radical (unpaired) electrons. The molecule has 0 saturated carbocycles. The molecule has 2 N–H and O–H groups in total. The summed E-state index contributed by atoms with van der Waals surface area (Å²) in [4.78, 5) is 8.13. The predicted molar refractivity (Wildman–Crippen MR) is 59.4 cm³/mol. The lowest BCUT2D eigenvalue weighted by Gasteiger charge is -2.04. The van der Waals surface area contributed by atoms with Crippen molar-refractivity contribution in [2.45, 2.75) is 18.4 Å². The number of rotatable bonds is 4. The smallest absolute Gasteiger partial charge is 0.244 e. The molecule has 8 heteroatoms. The van der Waals surface area contributed by atoms with E-state index < -0.39 is 10.0 Å². The quantitative estimate of drug-likeness (QED) is 0.798. The van der Waals surface area contributed by atoms with Crippen LogP contribution in [0.1, 0.15) is 11.5 Å². The normalized spacial score (nSPS) is 11.6. The highest BCUT2D eigenvalue weighted by atomic mass is 32.2. The Morgan fingerprint density at radius 2 is 2.29 bits per heavy atom. The molecule has 2 rings (SSSR count). The van der Waals surface area contributed by atoms with E-state index in [0.29, 0.717) is 11.5 Å². The van der Waals surface area contributed by atoms with Crippen molar-refractivity contribution in [1.29, 1.82) is 0 Å². The van der Waals surface area contributed by atoms with E-state index in [4.69, 9.17) is 0 Å². The van der Waals surface area contributed by atoms with Crippen LogP contribution in [0.4, 0.5) is 0 Å². The Kier molecular flexibility index (Phi) is 3.16. The van der Waals surface area contributed by atoms with Gasteiger partial charge in [0.15, 0.2) is 0 Å². The van der Waals surface area contributed by atoms with Crippen molar-refractivity contribution in [3.63, 3.8) is 0 Å². The zero-order valence-electron chi connectivity index (χ0n) is 9.08. The maximum atomic E-state index is 11.7. The van der Waals surface area contributed by atoms with Gasteiger partial charge in [0.25, 0.3) is 0 Å². The third-order valence-electron chi connectivity index (χ3n) is 2.06. The minimum Gasteiger partial charge on any atom is -0.284 e. The molecule has 0 aromatic carbocycles. The van der Waals surface area contributed by atoms with Gasteiger partial charge in [-0.3, -0.25) is 5.10 Å². The number of hydrogen-bond acceptors (Lipinski definition) is 5. The van der Waals surface area contributed by atoms with Gasteiger partial charge in [-0.25, -0.2) is 23.1 Å². The molecule has 2 heterocycles. The molecule has 0 spiro atoms. The molecule has 0 aliphatic carbocycles. The van der Waals surface area contributed by atoms with Gasteiger partial charge in [-0.2, -0.15) is 5.10 Å². The molecule has 0 fully saturated rings. The second kappa shape index (κ2) is 4.60. The number of nitrogens with zero attached hydrogens (tertiary/aromatic N) is 3. The fourth-order valence-electron chi connectivity index (χ4n) is 1.24. The first-order valence-electron chi connectivity index (χ1n) is 4.85. The zero-order chi connectivity index (χ0) is 12.3. The van der Waals surface area contributed by atoms with E-state index in [0.717, 1.165) is 0 Å². The van der Waals surface area contributed by atoms with Gasteiger partial charge in [-0.1, -0.05) is 0 Å². The van der Waals surface area contributed by atoms with Crippen LogP contribution in [-0.4, -0.2) is 28.6 Å². The molecule has 0 saturated heterocycles. The molecule has 0 bridgehead atoms. The number of H-pyrrole nitrogens is 1. The fraction of sp³-hybridized carbons (Fsp3) is 0.222. The summed E-state index contributed by atoms with van der Waals surface area (Å²) in [5.41, 5.74) is 0.615.